The predicted octanol–water partition coefficient (Wildman–Crippen LogP) is 2.12. The normalized spacial score (nSPS) is 16.5. The number of methoxy groups -OCH3 is 1. The number of para-hydroxylation sites is 1. The molecule has 1 fully saturated rings. The Hall–Kier alpha value is -2.08. The van der Waals surface area contributed by atoms with Crippen molar-refractivity contribution in [1.82, 2.24) is 10.2 Å². The minimum Gasteiger partial charge on any atom is -0.496 e. The molecule has 1 aromatic carbocycles. The van der Waals surface area contributed by atoms with Gasteiger partial charge in [0.2, 0.25) is 11.8 Å². The number of amides is 2. The van der Waals surface area contributed by atoms with Crippen LogP contribution >= 0.6 is 0 Å². The molecule has 1 atom stereocenters. The lowest BCUT2D eigenvalue weighted by Gasteiger charge is -2.26. The summed E-state index contributed by atoms with van der Waals surface area (Å²) in [6.45, 7) is 3.66. The van der Waals surface area contributed by atoms with Gasteiger partial charge in [-0.15, -0.1) is 0 Å². The fraction of sp³-hybridized carbons (Fsp3) is 0.579. The summed E-state index contributed by atoms with van der Waals surface area (Å²) in [5, 5.41) is 2.70. The Morgan fingerprint density at radius 3 is 2.84 bits per heavy atom. The van der Waals surface area contributed by atoms with Gasteiger partial charge >= 0.3 is 0 Å². The van der Waals surface area contributed by atoms with Gasteiger partial charge in [-0.2, -0.15) is 0 Å². The summed E-state index contributed by atoms with van der Waals surface area (Å²) in [5.74, 6) is 0.554. The van der Waals surface area contributed by atoms with Crippen LogP contribution < -0.4 is 10.1 Å². The van der Waals surface area contributed by atoms with Gasteiger partial charge in [-0.3, -0.25) is 9.59 Å². The molecule has 1 aliphatic heterocycles. The lowest BCUT2D eigenvalue weighted by molar-refractivity contribution is -0.134. The molecule has 25 heavy (non-hydrogen) atoms. The largest absolute Gasteiger partial charge is 0.496 e. The number of nitrogens with zero attached hydrogens (tertiary/aromatic N) is 1. The first-order valence-corrected chi connectivity index (χ1v) is 8.92. The molecule has 1 aliphatic rings. The first-order chi connectivity index (χ1) is 12.1. The topological polar surface area (TPSA) is 67.9 Å². The van der Waals surface area contributed by atoms with Crippen LogP contribution in [-0.2, 0) is 20.9 Å². The Balaban J connectivity index is 2.03. The third kappa shape index (κ3) is 6.05. The van der Waals surface area contributed by atoms with Gasteiger partial charge in [0.05, 0.1) is 19.8 Å². The van der Waals surface area contributed by atoms with Crippen molar-refractivity contribution in [1.29, 1.82) is 0 Å². The van der Waals surface area contributed by atoms with Crippen LogP contribution in [0.15, 0.2) is 24.3 Å². The standard InChI is InChI=1S/C19H28N2O4/c1-3-7-18(22)20-12-19(23)21(14-16-9-6-11-25-16)13-15-8-4-5-10-17(15)24-2/h4-5,8,10,16H,3,6-7,9,11-14H2,1-2H3,(H,20,22)/t16-/m0/s1. The second-order valence-corrected chi connectivity index (χ2v) is 6.25. The molecule has 1 saturated heterocycles. The molecule has 1 aromatic rings. The first kappa shape index (κ1) is 19.2. The van der Waals surface area contributed by atoms with E-state index < -0.39 is 0 Å². The van der Waals surface area contributed by atoms with E-state index in [-0.39, 0.29) is 24.5 Å². The molecule has 6 heteroatoms. The zero-order valence-corrected chi connectivity index (χ0v) is 15.1. The summed E-state index contributed by atoms with van der Waals surface area (Å²) in [6, 6.07) is 7.66. The van der Waals surface area contributed by atoms with Crippen LogP contribution in [0.3, 0.4) is 0 Å². The fourth-order valence-corrected chi connectivity index (χ4v) is 2.93. The third-order valence-electron chi connectivity index (χ3n) is 4.27. The zero-order chi connectivity index (χ0) is 18.1. The van der Waals surface area contributed by atoms with E-state index in [0.29, 0.717) is 19.5 Å². The van der Waals surface area contributed by atoms with E-state index in [4.69, 9.17) is 9.47 Å². The second kappa shape index (κ2) is 10.0. The van der Waals surface area contributed by atoms with Crippen molar-refractivity contribution in [3.05, 3.63) is 29.8 Å². The van der Waals surface area contributed by atoms with E-state index in [0.717, 1.165) is 37.2 Å². The van der Waals surface area contributed by atoms with E-state index in [2.05, 4.69) is 5.32 Å². The SMILES string of the molecule is CCCC(=O)NCC(=O)N(Cc1ccccc1OC)C[C@@H]1CCCO1. The van der Waals surface area contributed by atoms with Gasteiger partial charge in [0.25, 0.3) is 0 Å². The fourth-order valence-electron chi connectivity index (χ4n) is 2.93. The maximum Gasteiger partial charge on any atom is 0.242 e. The monoisotopic (exact) mass is 348 g/mol. The molecule has 0 aliphatic carbocycles. The highest BCUT2D eigenvalue weighted by Crippen LogP contribution is 2.21. The maximum absolute atomic E-state index is 12.7. The number of nitrogens with one attached hydrogen (secondary N) is 1. The van der Waals surface area contributed by atoms with Crippen LogP contribution in [0, 0.1) is 0 Å². The first-order valence-electron chi connectivity index (χ1n) is 8.92. The van der Waals surface area contributed by atoms with Crippen LogP contribution in [0.4, 0.5) is 0 Å². The summed E-state index contributed by atoms with van der Waals surface area (Å²) < 4.78 is 11.1. The van der Waals surface area contributed by atoms with Gasteiger partial charge in [-0.25, -0.2) is 0 Å². The van der Waals surface area contributed by atoms with E-state index in [9.17, 15) is 9.59 Å². The summed E-state index contributed by atoms with van der Waals surface area (Å²) in [7, 11) is 1.62. The molecular weight excluding hydrogens is 320 g/mol. The molecule has 138 valence electrons. The lowest BCUT2D eigenvalue weighted by Crippen LogP contribution is -2.43. The molecule has 2 amide bonds. The molecule has 1 heterocycles. The minimum atomic E-state index is -0.106. The van der Waals surface area contributed by atoms with Crippen LogP contribution in [0.1, 0.15) is 38.2 Å². The number of carbonyl (C=O) groups is 2. The smallest absolute Gasteiger partial charge is 0.242 e. The molecule has 0 bridgehead atoms. The summed E-state index contributed by atoms with van der Waals surface area (Å²) in [6.07, 6.45) is 3.24. The van der Waals surface area contributed by atoms with Crippen molar-refractivity contribution in [2.24, 2.45) is 0 Å². The summed E-state index contributed by atoms with van der Waals surface area (Å²) in [4.78, 5) is 26.1. The van der Waals surface area contributed by atoms with Crippen molar-refractivity contribution < 1.29 is 19.1 Å². The lowest BCUT2D eigenvalue weighted by atomic mass is 10.1. The Morgan fingerprint density at radius 1 is 1.36 bits per heavy atom. The Bertz CT molecular complexity index is 570. The van der Waals surface area contributed by atoms with Crippen molar-refractivity contribution in [3.8, 4) is 5.75 Å². The number of hydrogen-bond acceptors (Lipinski definition) is 4. The van der Waals surface area contributed by atoms with Crippen molar-refractivity contribution in [2.45, 2.75) is 45.3 Å². The average Bonchev–Trinajstić information content (AvgIpc) is 3.13. The van der Waals surface area contributed by atoms with E-state index in [1.54, 1.807) is 12.0 Å². The number of ether oxygens (including phenoxy) is 2. The number of carbonyl (C=O) groups excluding carboxylic acids is 2. The molecular formula is C19H28N2O4. The van der Waals surface area contributed by atoms with Gasteiger partial charge in [0.15, 0.2) is 0 Å². The van der Waals surface area contributed by atoms with Crippen LogP contribution in [0.25, 0.3) is 0 Å². The van der Waals surface area contributed by atoms with Gasteiger partial charge < -0.3 is 19.7 Å². The molecule has 0 spiro atoms. The number of hydrogen-bond donors (Lipinski definition) is 1. The third-order valence-corrected chi connectivity index (χ3v) is 4.27. The van der Waals surface area contributed by atoms with Gasteiger partial charge in [0.1, 0.15) is 5.75 Å². The van der Waals surface area contributed by atoms with Crippen molar-refractivity contribution in [2.75, 3.05) is 26.8 Å². The Labute approximate surface area is 149 Å². The van der Waals surface area contributed by atoms with E-state index in [1.165, 1.54) is 0 Å². The molecule has 2 rings (SSSR count). The average molecular weight is 348 g/mol. The quantitative estimate of drug-likeness (QED) is 0.742. The van der Waals surface area contributed by atoms with Crippen molar-refractivity contribution >= 4 is 11.8 Å². The molecule has 6 nitrogen and oxygen atoms in total. The molecule has 0 radical (unpaired) electrons. The highest BCUT2D eigenvalue weighted by molar-refractivity contribution is 5.84. The molecule has 0 unspecified atom stereocenters. The minimum absolute atomic E-state index is 0.0146. The second-order valence-electron chi connectivity index (χ2n) is 6.25. The Kier molecular flexibility index (Phi) is 7.73. The van der Waals surface area contributed by atoms with E-state index in [1.807, 2.05) is 31.2 Å². The van der Waals surface area contributed by atoms with Gasteiger partial charge in [0, 0.05) is 31.7 Å². The Morgan fingerprint density at radius 2 is 2.16 bits per heavy atom. The summed E-state index contributed by atoms with van der Waals surface area (Å²) in [5.41, 5.74) is 0.941. The molecule has 0 aromatic heterocycles. The predicted molar refractivity (Wildman–Crippen MR) is 95.3 cm³/mol. The summed E-state index contributed by atoms with van der Waals surface area (Å²) >= 11 is 0. The van der Waals surface area contributed by atoms with Gasteiger partial charge in [-0.05, 0) is 25.3 Å². The molecule has 1 N–H and O–H groups in total. The van der Waals surface area contributed by atoms with E-state index >= 15 is 0 Å². The van der Waals surface area contributed by atoms with Gasteiger partial charge in [-0.1, -0.05) is 25.1 Å². The van der Waals surface area contributed by atoms with Crippen LogP contribution in [0.5, 0.6) is 5.75 Å². The maximum atomic E-state index is 12.7. The molecule has 0 saturated carbocycles. The number of rotatable bonds is 9. The van der Waals surface area contributed by atoms with Crippen LogP contribution in [-0.4, -0.2) is 49.6 Å². The zero-order valence-electron chi connectivity index (χ0n) is 15.1. The van der Waals surface area contributed by atoms with Crippen LogP contribution in [0.2, 0.25) is 0 Å². The highest BCUT2D eigenvalue weighted by Gasteiger charge is 2.23. The number of benzene rings is 1. The van der Waals surface area contributed by atoms with Crippen molar-refractivity contribution in [3.63, 3.8) is 0 Å². The highest BCUT2D eigenvalue weighted by atomic mass is 16.5.